The zero-order valence-corrected chi connectivity index (χ0v) is 39.9. The Balaban J connectivity index is -0.000000258. The fraction of sp³-hybridized carbons (Fsp3) is 0.222. The van der Waals surface area contributed by atoms with Crippen molar-refractivity contribution in [2.45, 2.75) is 38.5 Å². The number of rotatable bonds is 3. The van der Waals surface area contributed by atoms with E-state index < -0.39 is 51.9 Å². The van der Waals surface area contributed by atoms with Gasteiger partial charge < -0.3 is 5.48 Å². The van der Waals surface area contributed by atoms with Gasteiger partial charge >= 0.3 is 160 Å². The van der Waals surface area contributed by atoms with Crippen LogP contribution in [0.4, 0.5) is 26.3 Å². The van der Waals surface area contributed by atoms with E-state index in [1.807, 2.05) is 31.2 Å². The van der Waals surface area contributed by atoms with Crippen LogP contribution in [-0.2, 0) is 60.0 Å². The number of benzene rings is 3. The Labute approximate surface area is 351 Å². The molecule has 0 spiro atoms. The summed E-state index contributed by atoms with van der Waals surface area (Å²) in [6, 6.07) is 23.6. The molecule has 0 aliphatic heterocycles. The summed E-state index contributed by atoms with van der Waals surface area (Å²) < 4.78 is 73.6. The van der Waals surface area contributed by atoms with Gasteiger partial charge in [-0.25, -0.2) is 0 Å². The Hall–Kier alpha value is 2.06. The third-order valence-corrected chi connectivity index (χ3v) is 4.72. The second-order valence-electron chi connectivity index (χ2n) is 7.56. The first-order valence-corrected chi connectivity index (χ1v) is 45.0. The summed E-state index contributed by atoms with van der Waals surface area (Å²) in [4.78, 5) is 0. The number of hydrogen-bond acceptors (Lipinski definition) is 3. The molecular formula is C27H23Cl6F6K2N3OPt2. The number of aryl methyl sites for hydroxylation is 1. The maximum atomic E-state index is 12.3. The minimum absolute atomic E-state index is 0. The minimum atomic E-state index is -4.37. The average Bonchev–Trinajstić information content (AvgIpc) is 2.96. The molecule has 4 nitrogen and oxygen atoms in total. The molecule has 0 amide bonds. The quantitative estimate of drug-likeness (QED) is 0.193. The topological polar surface area (TPSA) is 103 Å². The van der Waals surface area contributed by atoms with E-state index in [0.29, 0.717) is 6.42 Å². The number of halogens is 12. The average molecular weight is 1200 g/mol. The van der Waals surface area contributed by atoms with E-state index in [2.05, 4.69) is 6.07 Å². The summed E-state index contributed by atoms with van der Waals surface area (Å²) in [6.07, 6.45) is -8.64. The molecule has 3 aromatic rings. The summed E-state index contributed by atoms with van der Waals surface area (Å²) in [5, 5.41) is 25.0. The van der Waals surface area contributed by atoms with Gasteiger partial charge in [-0.2, -0.15) is 42.1 Å². The van der Waals surface area contributed by atoms with Gasteiger partial charge in [0.25, 0.3) is 0 Å². The first-order chi connectivity index (χ1) is 21.4. The maximum absolute atomic E-state index is 12.3. The van der Waals surface area contributed by atoms with E-state index in [0.717, 1.165) is 17.7 Å². The van der Waals surface area contributed by atoms with Crippen LogP contribution in [0.3, 0.4) is 0 Å². The van der Waals surface area contributed by atoms with E-state index in [9.17, 15) is 26.3 Å². The zero-order chi connectivity index (χ0) is 36.4. The normalized spacial score (nSPS) is 10.2. The van der Waals surface area contributed by atoms with E-state index in [1.165, 1.54) is 105 Å². The van der Waals surface area contributed by atoms with Gasteiger partial charge in [-0.3, -0.25) is 0 Å². The van der Waals surface area contributed by atoms with E-state index in [4.69, 9.17) is 72.3 Å². The fourth-order valence-electron chi connectivity index (χ4n) is 2.97. The van der Waals surface area contributed by atoms with Gasteiger partial charge in [0.2, 0.25) is 0 Å². The van der Waals surface area contributed by atoms with Gasteiger partial charge in [0.15, 0.2) is 0 Å². The van der Waals surface area contributed by atoms with Crippen LogP contribution in [0.25, 0.3) is 0 Å². The molecule has 0 heterocycles. The molecule has 0 aromatic heterocycles. The van der Waals surface area contributed by atoms with Crippen molar-refractivity contribution in [3.05, 3.63) is 106 Å². The second-order valence-corrected chi connectivity index (χ2v) is 30.5. The van der Waals surface area contributed by atoms with Crippen molar-refractivity contribution in [1.82, 2.24) is 0 Å². The summed E-state index contributed by atoms with van der Waals surface area (Å²) in [5.74, 6) is 0. The molecule has 0 aliphatic carbocycles. The molecule has 0 radical (unpaired) electrons. The molecular weight excluding hydrogens is 1180 g/mol. The Morgan fingerprint density at radius 3 is 1.11 bits per heavy atom. The third-order valence-electron chi connectivity index (χ3n) is 4.72. The Morgan fingerprint density at radius 2 is 0.851 bits per heavy atom. The van der Waals surface area contributed by atoms with Crippen LogP contribution in [0.5, 0.6) is 0 Å². The second kappa shape index (κ2) is 32.7. The summed E-state index contributed by atoms with van der Waals surface area (Å²) in [5.41, 5.74) is 0.928. The number of nitriles is 3. The van der Waals surface area contributed by atoms with Crippen molar-refractivity contribution in [3.8, 4) is 18.2 Å². The van der Waals surface area contributed by atoms with Crippen LogP contribution in [-0.4, -0.2) is 68.6 Å². The van der Waals surface area contributed by atoms with Crippen LogP contribution in [0.1, 0.15) is 33.4 Å². The zero-order valence-electron chi connectivity index (χ0n) is 24.6. The number of nitrogens with zero attached hydrogens (tertiary/aromatic N) is 3. The van der Waals surface area contributed by atoms with Crippen LogP contribution < -0.4 is 0 Å². The van der Waals surface area contributed by atoms with Crippen LogP contribution in [0.15, 0.2) is 72.8 Å². The van der Waals surface area contributed by atoms with Gasteiger partial charge in [-0.05, 0) is 41.3 Å². The Bertz CT molecular complexity index is 1330. The molecule has 0 aliphatic rings. The molecule has 0 atom stereocenters. The van der Waals surface area contributed by atoms with Crippen molar-refractivity contribution < 1.29 is 60.2 Å². The van der Waals surface area contributed by atoms with Gasteiger partial charge in [0, 0.05) is 0 Å². The van der Waals surface area contributed by atoms with Crippen molar-refractivity contribution >= 4 is 120 Å². The van der Waals surface area contributed by atoms with E-state index >= 15 is 0 Å². The van der Waals surface area contributed by atoms with Crippen LogP contribution in [0.2, 0.25) is 0 Å². The van der Waals surface area contributed by atoms with Crippen molar-refractivity contribution in [2.75, 3.05) is 0 Å². The first-order valence-electron chi connectivity index (χ1n) is 12.1. The SMILES string of the molecule is Cc1ccccc1CC#N.N#CCc1ccccc1C(F)(F)F.N#CCc1ccccc1C(F)(F)F.O.[Cl][Pt]([Cl])([Cl])[Cl].[Cl][Pt][Cl].[K][K]. The summed E-state index contributed by atoms with van der Waals surface area (Å²) >= 11 is -1.03. The predicted octanol–water partition coefficient (Wildman–Crippen LogP) is 10.1. The van der Waals surface area contributed by atoms with Crippen molar-refractivity contribution in [1.29, 1.82) is 15.8 Å². The Morgan fingerprint density at radius 1 is 0.617 bits per heavy atom. The van der Waals surface area contributed by atoms with E-state index in [-0.39, 0.29) is 29.4 Å². The molecule has 0 fully saturated rings. The van der Waals surface area contributed by atoms with Crippen LogP contribution in [0, 0.1) is 40.9 Å². The van der Waals surface area contributed by atoms with Gasteiger partial charge in [0.05, 0.1) is 48.6 Å². The van der Waals surface area contributed by atoms with Gasteiger partial charge in [0.1, 0.15) is 0 Å². The first kappa shape index (κ1) is 55.8. The van der Waals surface area contributed by atoms with Gasteiger partial charge in [-0.1, -0.05) is 60.7 Å². The predicted molar refractivity (Wildman–Crippen MR) is 172 cm³/mol. The monoisotopic (exact) mass is 1200 g/mol. The molecule has 0 bridgehead atoms. The van der Waals surface area contributed by atoms with Crippen molar-refractivity contribution in [2.24, 2.45) is 0 Å². The molecule has 3 aromatic carbocycles. The molecule has 0 saturated carbocycles. The van der Waals surface area contributed by atoms with Crippen molar-refractivity contribution in [3.63, 3.8) is 0 Å². The van der Waals surface area contributed by atoms with Gasteiger partial charge in [-0.15, -0.1) is 0 Å². The molecule has 2 N–H and O–H groups in total. The molecule has 0 unspecified atom stereocenters. The number of hydrogen-bond donors (Lipinski definition) is 0. The van der Waals surface area contributed by atoms with E-state index in [1.54, 1.807) is 12.1 Å². The number of alkyl halides is 6. The molecule has 0 saturated heterocycles. The Kier molecular flexibility index (Phi) is 38.8. The van der Waals surface area contributed by atoms with Crippen LogP contribution >= 0.6 is 56.5 Å². The molecule has 3 rings (SSSR count). The molecule has 20 heteroatoms. The third kappa shape index (κ3) is 32.4. The summed E-state index contributed by atoms with van der Waals surface area (Å²) in [6.45, 7) is 2.02. The molecule has 258 valence electrons. The molecule has 47 heavy (non-hydrogen) atoms. The summed E-state index contributed by atoms with van der Waals surface area (Å²) in [7, 11) is 29.8. The fourth-order valence-corrected chi connectivity index (χ4v) is 2.97. The standard InChI is InChI=1S/2C9H6F3N.C9H9N.6ClH.2K.H2O.2Pt/c2*10-9(11,12)8-4-2-1-3-7(8)5-6-13;1-8-4-2-3-5-9(8)6-7-10;;;;;;;;;;;/h2*1-4H,5H2;2-5H,6H2,1H3;6*1H;;;1H2;;/q;;;;;;;;;;;;+2;+4/p-6.